The number of halogens is 1. The van der Waals surface area contributed by atoms with E-state index < -0.39 is 28.8 Å². The van der Waals surface area contributed by atoms with Gasteiger partial charge in [-0.25, -0.2) is 9.18 Å². The second-order valence-electron chi connectivity index (χ2n) is 2.28. The molecule has 2 N–H and O–H groups in total. The van der Waals surface area contributed by atoms with E-state index in [2.05, 4.69) is 4.74 Å². The normalized spacial score (nSPS) is 9.69. The van der Waals surface area contributed by atoms with Crippen molar-refractivity contribution in [3.8, 4) is 11.5 Å². The van der Waals surface area contributed by atoms with Gasteiger partial charge in [0.05, 0.1) is 7.11 Å². The molecule has 0 saturated carbocycles. The maximum Gasteiger partial charge on any atom is 0.344 e. The average molecular weight is 186 g/mol. The Hall–Kier alpha value is -1.78. The molecule has 5 heteroatoms. The fourth-order valence-corrected chi connectivity index (χ4v) is 0.852. The van der Waals surface area contributed by atoms with Crippen molar-refractivity contribution >= 4 is 5.97 Å². The van der Waals surface area contributed by atoms with Crippen LogP contribution in [0, 0.1) is 5.82 Å². The van der Waals surface area contributed by atoms with Gasteiger partial charge in [0.15, 0.2) is 11.5 Å². The summed E-state index contributed by atoms with van der Waals surface area (Å²) in [5.74, 6) is -3.36. The summed E-state index contributed by atoms with van der Waals surface area (Å²) in [6, 6.07) is 1.80. The Morgan fingerprint density at radius 2 is 2.08 bits per heavy atom. The number of aromatic hydroxyl groups is 2. The van der Waals surface area contributed by atoms with Crippen LogP contribution in [0.1, 0.15) is 10.4 Å². The van der Waals surface area contributed by atoms with Gasteiger partial charge in [0.2, 0.25) is 0 Å². The predicted octanol–water partition coefficient (Wildman–Crippen LogP) is 1.02. The van der Waals surface area contributed by atoms with E-state index in [1.807, 2.05) is 0 Å². The lowest BCUT2D eigenvalue weighted by Crippen LogP contribution is -2.04. The molecule has 0 aromatic heterocycles. The van der Waals surface area contributed by atoms with Crippen LogP contribution < -0.4 is 0 Å². The minimum absolute atomic E-state index is 0.568. The molecule has 1 aromatic rings. The van der Waals surface area contributed by atoms with Gasteiger partial charge in [-0.3, -0.25) is 0 Å². The SMILES string of the molecule is COC(=O)c1c(F)ccc(O)c1O. The first kappa shape index (κ1) is 9.31. The number of hydrogen-bond acceptors (Lipinski definition) is 4. The van der Waals surface area contributed by atoms with Gasteiger partial charge in [-0.2, -0.15) is 0 Å². The van der Waals surface area contributed by atoms with Crippen molar-refractivity contribution in [1.82, 2.24) is 0 Å². The maximum absolute atomic E-state index is 12.9. The molecule has 0 aliphatic carbocycles. The van der Waals surface area contributed by atoms with Crippen molar-refractivity contribution in [3.05, 3.63) is 23.5 Å². The first-order valence-electron chi connectivity index (χ1n) is 3.36. The predicted molar refractivity (Wildman–Crippen MR) is 41.1 cm³/mol. The summed E-state index contributed by atoms with van der Waals surface area (Å²) in [5.41, 5.74) is -0.664. The first-order valence-corrected chi connectivity index (χ1v) is 3.36. The number of phenolic OH excluding ortho intramolecular Hbond substituents is 2. The Balaban J connectivity index is 3.33. The number of carbonyl (C=O) groups is 1. The molecule has 0 aliphatic heterocycles. The minimum Gasteiger partial charge on any atom is -0.504 e. The van der Waals surface area contributed by atoms with E-state index in [4.69, 9.17) is 10.2 Å². The average Bonchev–Trinajstić information content (AvgIpc) is 2.12. The quantitative estimate of drug-likeness (QED) is 0.507. The minimum atomic E-state index is -1.04. The van der Waals surface area contributed by atoms with Crippen LogP contribution in [0.25, 0.3) is 0 Å². The standard InChI is InChI=1S/C8H7FO4/c1-13-8(12)6-4(9)2-3-5(10)7(6)11/h2-3,10-11H,1H3. The Morgan fingerprint density at radius 1 is 1.46 bits per heavy atom. The van der Waals surface area contributed by atoms with E-state index in [9.17, 15) is 9.18 Å². The summed E-state index contributed by atoms with van der Waals surface area (Å²) in [7, 11) is 1.05. The summed E-state index contributed by atoms with van der Waals surface area (Å²) in [5, 5.41) is 18.0. The van der Waals surface area contributed by atoms with Crippen molar-refractivity contribution in [2.24, 2.45) is 0 Å². The molecule has 13 heavy (non-hydrogen) atoms. The smallest absolute Gasteiger partial charge is 0.344 e. The molecule has 0 radical (unpaired) electrons. The number of benzene rings is 1. The van der Waals surface area contributed by atoms with Crippen molar-refractivity contribution in [2.45, 2.75) is 0 Å². The van der Waals surface area contributed by atoms with Crippen molar-refractivity contribution in [1.29, 1.82) is 0 Å². The molecule has 1 rings (SSSR count). The lowest BCUT2D eigenvalue weighted by Gasteiger charge is -2.04. The topological polar surface area (TPSA) is 66.8 Å². The molecule has 0 fully saturated rings. The number of hydrogen-bond donors (Lipinski definition) is 2. The van der Waals surface area contributed by atoms with Crippen LogP contribution >= 0.6 is 0 Å². The Kier molecular flexibility index (Phi) is 2.36. The van der Waals surface area contributed by atoms with Crippen LogP contribution in [0.15, 0.2) is 12.1 Å². The molecule has 0 heterocycles. The highest BCUT2D eigenvalue weighted by Crippen LogP contribution is 2.30. The van der Waals surface area contributed by atoms with E-state index in [-0.39, 0.29) is 0 Å². The number of carbonyl (C=O) groups excluding carboxylic acids is 1. The fourth-order valence-electron chi connectivity index (χ4n) is 0.852. The third-order valence-electron chi connectivity index (χ3n) is 1.50. The molecule has 0 saturated heterocycles. The van der Waals surface area contributed by atoms with Crippen molar-refractivity contribution in [2.75, 3.05) is 7.11 Å². The van der Waals surface area contributed by atoms with Crippen molar-refractivity contribution in [3.63, 3.8) is 0 Å². The van der Waals surface area contributed by atoms with Crippen LogP contribution in [0.5, 0.6) is 11.5 Å². The highest BCUT2D eigenvalue weighted by molar-refractivity contribution is 5.93. The number of esters is 1. The highest BCUT2D eigenvalue weighted by atomic mass is 19.1. The molecule has 0 atom stereocenters. The van der Waals surface area contributed by atoms with E-state index >= 15 is 0 Å². The van der Waals surface area contributed by atoms with Gasteiger partial charge >= 0.3 is 5.97 Å². The summed E-state index contributed by atoms with van der Waals surface area (Å²) in [6.07, 6.45) is 0. The third kappa shape index (κ3) is 1.53. The maximum atomic E-state index is 12.9. The number of ether oxygens (including phenoxy) is 1. The van der Waals surface area contributed by atoms with Gasteiger partial charge in [-0.05, 0) is 12.1 Å². The molecule has 70 valence electrons. The molecule has 4 nitrogen and oxygen atoms in total. The summed E-state index contributed by atoms with van der Waals surface area (Å²) in [4.78, 5) is 10.9. The molecule has 0 spiro atoms. The van der Waals surface area contributed by atoms with Crippen LogP contribution in [-0.2, 0) is 4.74 Å². The van der Waals surface area contributed by atoms with Crippen LogP contribution in [0.4, 0.5) is 4.39 Å². The molecule has 0 amide bonds. The Labute approximate surface area is 73.2 Å². The van der Waals surface area contributed by atoms with Gasteiger partial charge in [-0.1, -0.05) is 0 Å². The lowest BCUT2D eigenvalue weighted by molar-refractivity contribution is 0.0591. The van der Waals surface area contributed by atoms with Crippen LogP contribution in [0.2, 0.25) is 0 Å². The third-order valence-corrected chi connectivity index (χ3v) is 1.50. The fraction of sp³-hybridized carbons (Fsp3) is 0.125. The van der Waals surface area contributed by atoms with E-state index in [1.54, 1.807) is 0 Å². The number of rotatable bonds is 1. The zero-order valence-corrected chi connectivity index (χ0v) is 6.74. The van der Waals surface area contributed by atoms with Crippen LogP contribution in [0.3, 0.4) is 0 Å². The molecule has 0 bridgehead atoms. The van der Waals surface area contributed by atoms with Gasteiger partial charge in [0, 0.05) is 0 Å². The van der Waals surface area contributed by atoms with E-state index in [1.165, 1.54) is 0 Å². The monoisotopic (exact) mass is 186 g/mol. The van der Waals surface area contributed by atoms with E-state index in [0.717, 1.165) is 19.2 Å². The first-order chi connectivity index (χ1) is 6.07. The van der Waals surface area contributed by atoms with Gasteiger partial charge in [0.25, 0.3) is 0 Å². The largest absolute Gasteiger partial charge is 0.504 e. The molecular formula is C8H7FO4. The van der Waals surface area contributed by atoms with Gasteiger partial charge < -0.3 is 14.9 Å². The molecule has 1 aromatic carbocycles. The molecule has 0 unspecified atom stereocenters. The van der Waals surface area contributed by atoms with Gasteiger partial charge in [-0.15, -0.1) is 0 Å². The number of methoxy groups -OCH3 is 1. The van der Waals surface area contributed by atoms with Gasteiger partial charge in [0.1, 0.15) is 11.4 Å². The molecular weight excluding hydrogens is 179 g/mol. The Bertz CT molecular complexity index is 348. The zero-order chi connectivity index (χ0) is 10.0. The second kappa shape index (κ2) is 3.30. The number of phenols is 2. The van der Waals surface area contributed by atoms with Crippen molar-refractivity contribution < 1.29 is 24.1 Å². The molecule has 0 aliphatic rings. The lowest BCUT2D eigenvalue weighted by atomic mass is 10.2. The van der Waals surface area contributed by atoms with Crippen LogP contribution in [-0.4, -0.2) is 23.3 Å². The van der Waals surface area contributed by atoms with E-state index in [0.29, 0.717) is 0 Å². The highest BCUT2D eigenvalue weighted by Gasteiger charge is 2.19. The summed E-state index contributed by atoms with van der Waals surface area (Å²) < 4.78 is 17.1. The zero-order valence-electron chi connectivity index (χ0n) is 6.74. The second-order valence-corrected chi connectivity index (χ2v) is 2.28. The Morgan fingerprint density at radius 3 is 2.62 bits per heavy atom. The summed E-state index contributed by atoms with van der Waals surface area (Å²) in [6.45, 7) is 0. The summed E-state index contributed by atoms with van der Waals surface area (Å²) >= 11 is 0.